The van der Waals surface area contributed by atoms with Crippen LogP contribution in [-0.4, -0.2) is 49.6 Å². The average molecular weight is 401 g/mol. The Hall–Kier alpha value is -2.31. The Bertz CT molecular complexity index is 791. The molecule has 1 amide bonds. The Kier molecular flexibility index (Phi) is 7.12. The normalized spacial score (nSPS) is 16.4. The van der Waals surface area contributed by atoms with E-state index in [0.717, 1.165) is 31.5 Å². The summed E-state index contributed by atoms with van der Waals surface area (Å²) in [6, 6.07) is 10.2. The van der Waals surface area contributed by atoms with E-state index in [2.05, 4.69) is 22.9 Å². The number of carbonyl (C=O) groups excluding carboxylic acids is 1. The van der Waals surface area contributed by atoms with Crippen LogP contribution in [-0.2, 0) is 11.3 Å². The molecule has 1 aromatic heterocycles. The fourth-order valence-electron chi connectivity index (χ4n) is 3.74. The maximum absolute atomic E-state index is 13.1. The van der Waals surface area contributed by atoms with E-state index in [1.165, 1.54) is 4.88 Å². The molecule has 1 saturated heterocycles. The molecule has 1 unspecified atom stereocenters. The van der Waals surface area contributed by atoms with E-state index >= 15 is 0 Å². The molecule has 1 atom stereocenters. The molecule has 28 heavy (non-hydrogen) atoms. The van der Waals surface area contributed by atoms with E-state index in [-0.39, 0.29) is 11.9 Å². The van der Waals surface area contributed by atoms with E-state index in [9.17, 15) is 4.79 Å². The minimum absolute atomic E-state index is 0.0830. The van der Waals surface area contributed by atoms with Gasteiger partial charge in [0.05, 0.1) is 26.8 Å². The summed E-state index contributed by atoms with van der Waals surface area (Å²) < 4.78 is 10.8. The number of ether oxygens (including phenoxy) is 2. The highest BCUT2D eigenvalue weighted by atomic mass is 32.1. The van der Waals surface area contributed by atoms with Crippen molar-refractivity contribution in [1.29, 1.82) is 0 Å². The van der Waals surface area contributed by atoms with Gasteiger partial charge in [-0.25, -0.2) is 0 Å². The Morgan fingerprint density at radius 1 is 1.32 bits per heavy atom. The van der Waals surface area contributed by atoms with Crippen molar-refractivity contribution in [2.75, 3.05) is 33.9 Å². The van der Waals surface area contributed by atoms with Crippen LogP contribution in [0.3, 0.4) is 0 Å². The Morgan fingerprint density at radius 2 is 2.14 bits per heavy atom. The van der Waals surface area contributed by atoms with E-state index < -0.39 is 0 Å². The van der Waals surface area contributed by atoms with Gasteiger partial charge in [-0.15, -0.1) is 17.9 Å². The van der Waals surface area contributed by atoms with Gasteiger partial charge in [0, 0.05) is 24.5 Å². The molecule has 1 aliphatic heterocycles. The molecule has 0 saturated carbocycles. The summed E-state index contributed by atoms with van der Waals surface area (Å²) in [4.78, 5) is 18.5. The number of hydrogen-bond acceptors (Lipinski definition) is 5. The highest BCUT2D eigenvalue weighted by Gasteiger charge is 2.31. The van der Waals surface area contributed by atoms with E-state index in [0.29, 0.717) is 24.6 Å². The van der Waals surface area contributed by atoms with Crippen molar-refractivity contribution in [1.82, 2.24) is 9.80 Å². The van der Waals surface area contributed by atoms with Gasteiger partial charge in [0.25, 0.3) is 0 Å². The smallest absolute Gasteiger partial charge is 0.237 e. The van der Waals surface area contributed by atoms with E-state index in [1.54, 1.807) is 25.6 Å². The summed E-state index contributed by atoms with van der Waals surface area (Å²) in [7, 11) is 3.27. The van der Waals surface area contributed by atoms with E-state index in [1.807, 2.05) is 35.2 Å². The maximum atomic E-state index is 13.1. The number of methoxy groups -OCH3 is 2. The van der Waals surface area contributed by atoms with Crippen molar-refractivity contribution < 1.29 is 14.3 Å². The van der Waals surface area contributed by atoms with Gasteiger partial charge in [-0.2, -0.15) is 0 Å². The monoisotopic (exact) mass is 400 g/mol. The first-order valence-electron chi connectivity index (χ1n) is 9.53. The van der Waals surface area contributed by atoms with Crippen molar-refractivity contribution in [3.05, 3.63) is 58.8 Å². The standard InChI is InChI=1S/C22H28N2O3S/c1-4-11-23(15-18-7-6-13-28-18)16-22(25)24-12-5-8-19(24)17-9-10-20(26-2)21(14-17)27-3/h4,6-7,9-10,13-14,19H,1,5,8,11-12,15-16H2,2-3H3. The van der Waals surface area contributed by atoms with Gasteiger partial charge < -0.3 is 14.4 Å². The van der Waals surface area contributed by atoms with Crippen molar-refractivity contribution in [3.8, 4) is 11.5 Å². The Morgan fingerprint density at radius 3 is 2.82 bits per heavy atom. The molecule has 1 fully saturated rings. The average Bonchev–Trinajstić information content (AvgIpc) is 3.39. The number of thiophene rings is 1. The SMILES string of the molecule is C=CCN(CC(=O)N1CCCC1c1ccc(OC)c(OC)c1)Cc1cccs1. The molecule has 1 aromatic carbocycles. The lowest BCUT2D eigenvalue weighted by Gasteiger charge is -2.28. The van der Waals surface area contributed by atoms with Gasteiger partial charge in [0.15, 0.2) is 11.5 Å². The minimum atomic E-state index is 0.0830. The summed E-state index contributed by atoms with van der Waals surface area (Å²) in [5, 5.41) is 2.07. The predicted molar refractivity (Wildman–Crippen MR) is 113 cm³/mol. The van der Waals surface area contributed by atoms with Crippen molar-refractivity contribution >= 4 is 17.2 Å². The molecule has 0 spiro atoms. The molecule has 150 valence electrons. The van der Waals surface area contributed by atoms with Crippen LogP contribution in [0.5, 0.6) is 11.5 Å². The van der Waals surface area contributed by atoms with Crippen LogP contribution in [0, 0.1) is 0 Å². The number of benzene rings is 1. The fraction of sp³-hybridized carbons (Fsp3) is 0.409. The van der Waals surface area contributed by atoms with Crippen LogP contribution in [0.15, 0.2) is 48.4 Å². The van der Waals surface area contributed by atoms with Crippen LogP contribution < -0.4 is 9.47 Å². The number of carbonyl (C=O) groups is 1. The van der Waals surface area contributed by atoms with Crippen LogP contribution in [0.25, 0.3) is 0 Å². The Labute approximate surface area is 171 Å². The lowest BCUT2D eigenvalue weighted by Crippen LogP contribution is -2.39. The molecule has 0 radical (unpaired) electrons. The third-order valence-corrected chi connectivity index (χ3v) is 5.93. The van der Waals surface area contributed by atoms with Gasteiger partial charge in [0.1, 0.15) is 0 Å². The zero-order chi connectivity index (χ0) is 19.9. The quantitative estimate of drug-likeness (QED) is 0.594. The second-order valence-electron chi connectivity index (χ2n) is 6.90. The van der Waals surface area contributed by atoms with Gasteiger partial charge in [-0.3, -0.25) is 9.69 Å². The molecule has 0 bridgehead atoms. The molecule has 3 rings (SSSR count). The van der Waals surface area contributed by atoms with E-state index in [4.69, 9.17) is 9.47 Å². The zero-order valence-corrected chi connectivity index (χ0v) is 17.4. The fourth-order valence-corrected chi connectivity index (χ4v) is 4.49. The lowest BCUT2D eigenvalue weighted by atomic mass is 10.0. The van der Waals surface area contributed by atoms with Crippen molar-refractivity contribution in [2.24, 2.45) is 0 Å². The molecule has 2 aromatic rings. The number of likely N-dealkylation sites (tertiary alicyclic amines) is 1. The molecular weight excluding hydrogens is 372 g/mol. The van der Waals surface area contributed by atoms with Gasteiger partial charge in [0.2, 0.25) is 5.91 Å². The zero-order valence-electron chi connectivity index (χ0n) is 16.6. The Balaban J connectivity index is 1.72. The van der Waals surface area contributed by atoms with Crippen molar-refractivity contribution in [3.63, 3.8) is 0 Å². The van der Waals surface area contributed by atoms with Gasteiger partial charge in [-0.05, 0) is 42.0 Å². The third kappa shape index (κ3) is 4.75. The van der Waals surface area contributed by atoms with Gasteiger partial charge >= 0.3 is 0 Å². The predicted octanol–water partition coefficient (Wildman–Crippen LogP) is 4.12. The second-order valence-corrected chi connectivity index (χ2v) is 7.93. The van der Waals surface area contributed by atoms with Crippen LogP contribution >= 0.6 is 11.3 Å². The second kappa shape index (κ2) is 9.75. The topological polar surface area (TPSA) is 42.0 Å². The molecule has 0 N–H and O–H groups in total. The summed E-state index contributed by atoms with van der Waals surface area (Å²) in [5.74, 6) is 1.57. The lowest BCUT2D eigenvalue weighted by molar-refractivity contribution is -0.133. The number of rotatable bonds is 9. The molecule has 1 aliphatic rings. The van der Waals surface area contributed by atoms with Crippen LogP contribution in [0.4, 0.5) is 0 Å². The highest BCUT2D eigenvalue weighted by Crippen LogP contribution is 2.37. The van der Waals surface area contributed by atoms with Crippen molar-refractivity contribution in [2.45, 2.75) is 25.4 Å². The number of nitrogens with zero attached hydrogens (tertiary/aromatic N) is 2. The molecule has 6 heteroatoms. The summed E-state index contributed by atoms with van der Waals surface area (Å²) >= 11 is 1.71. The molecule has 2 heterocycles. The third-order valence-electron chi connectivity index (χ3n) is 5.07. The molecular formula is C22H28N2O3S. The number of hydrogen-bond donors (Lipinski definition) is 0. The van der Waals surface area contributed by atoms with Gasteiger partial charge in [-0.1, -0.05) is 18.2 Å². The number of amides is 1. The van der Waals surface area contributed by atoms with Crippen LogP contribution in [0.1, 0.15) is 29.3 Å². The molecule has 0 aliphatic carbocycles. The first kappa shape index (κ1) is 20.4. The maximum Gasteiger partial charge on any atom is 0.237 e. The first-order valence-corrected chi connectivity index (χ1v) is 10.4. The molecule has 5 nitrogen and oxygen atoms in total. The summed E-state index contributed by atoms with van der Waals surface area (Å²) in [5.41, 5.74) is 1.09. The van der Waals surface area contributed by atoms with Crippen LogP contribution in [0.2, 0.25) is 0 Å². The highest BCUT2D eigenvalue weighted by molar-refractivity contribution is 7.09. The minimum Gasteiger partial charge on any atom is -0.493 e. The largest absolute Gasteiger partial charge is 0.493 e. The first-order chi connectivity index (χ1) is 13.7. The summed E-state index contributed by atoms with van der Waals surface area (Å²) in [6.07, 6.45) is 3.83. The summed E-state index contributed by atoms with van der Waals surface area (Å²) in [6.45, 7) is 6.49.